The second kappa shape index (κ2) is 12.2. The molecule has 0 spiro atoms. The van der Waals surface area contributed by atoms with Crippen LogP contribution in [-0.4, -0.2) is 63.8 Å². The van der Waals surface area contributed by atoms with Gasteiger partial charge >= 0.3 is 0 Å². The van der Waals surface area contributed by atoms with Gasteiger partial charge in [-0.15, -0.1) is 0 Å². The summed E-state index contributed by atoms with van der Waals surface area (Å²) in [5.41, 5.74) is 0. The van der Waals surface area contributed by atoms with Gasteiger partial charge in [-0.2, -0.15) is 0 Å². The van der Waals surface area contributed by atoms with Gasteiger partial charge in [0.25, 0.3) is 0 Å². The van der Waals surface area contributed by atoms with E-state index in [1.54, 1.807) is 0 Å². The number of unbranched alkanes of at least 4 members (excludes halogenated alkanes) is 5. The summed E-state index contributed by atoms with van der Waals surface area (Å²) in [6.45, 7) is 3.84. The van der Waals surface area contributed by atoms with Gasteiger partial charge in [-0.05, 0) is 12.8 Å². The highest BCUT2D eigenvalue weighted by Gasteiger charge is 2.44. The van der Waals surface area contributed by atoms with Crippen LogP contribution >= 0.6 is 0 Å². The molecule has 0 aromatic heterocycles. The van der Waals surface area contributed by atoms with Crippen LogP contribution in [0.1, 0.15) is 71.6 Å². The summed E-state index contributed by atoms with van der Waals surface area (Å²) in [5.74, 6) is 0. The van der Waals surface area contributed by atoms with E-state index in [0.717, 1.165) is 32.1 Å². The Kier molecular flexibility index (Phi) is 11.1. The topological polar surface area (TPSA) is 99.4 Å². The van der Waals surface area contributed by atoms with Crippen molar-refractivity contribution in [3.05, 3.63) is 0 Å². The summed E-state index contributed by atoms with van der Waals surface area (Å²) in [6.07, 6.45) is 3.91. The van der Waals surface area contributed by atoms with E-state index < -0.39 is 37.3 Å². The minimum absolute atomic E-state index is 0.0531. The lowest BCUT2D eigenvalue weighted by molar-refractivity contribution is -0.312. The molecule has 0 radical (unpaired) electrons. The van der Waals surface area contributed by atoms with Crippen LogP contribution in [0.5, 0.6) is 0 Å². The Morgan fingerprint density at radius 2 is 1.50 bits per heavy atom. The first-order valence-electron chi connectivity index (χ1n) is 9.51. The summed E-state index contributed by atoms with van der Waals surface area (Å²) in [5, 5.41) is 38.9. The van der Waals surface area contributed by atoms with E-state index in [9.17, 15) is 20.4 Å². The van der Waals surface area contributed by atoms with Crippen molar-refractivity contribution in [1.29, 1.82) is 0 Å². The Bertz CT molecular complexity index is 312. The summed E-state index contributed by atoms with van der Waals surface area (Å²) in [4.78, 5) is 0. The van der Waals surface area contributed by atoms with Gasteiger partial charge in [0.1, 0.15) is 24.4 Å². The second-order valence-electron chi connectivity index (χ2n) is 6.80. The molecule has 144 valence electrons. The van der Waals surface area contributed by atoms with Gasteiger partial charge in [0.05, 0.1) is 12.7 Å². The lowest BCUT2D eigenvalue weighted by Gasteiger charge is -2.41. The molecule has 1 aliphatic rings. The van der Waals surface area contributed by atoms with Crippen molar-refractivity contribution in [3.63, 3.8) is 0 Å². The fourth-order valence-electron chi connectivity index (χ4n) is 3.12. The van der Waals surface area contributed by atoms with Crippen LogP contribution in [0.25, 0.3) is 0 Å². The van der Waals surface area contributed by atoms with Crippen LogP contribution < -0.4 is 0 Å². The first kappa shape index (κ1) is 21.8. The molecule has 1 fully saturated rings. The minimum Gasteiger partial charge on any atom is -0.394 e. The maximum Gasteiger partial charge on any atom is 0.186 e. The summed E-state index contributed by atoms with van der Waals surface area (Å²) in [7, 11) is 0. The molecular formula is C18H36O6. The van der Waals surface area contributed by atoms with E-state index in [1.165, 1.54) is 25.7 Å². The van der Waals surface area contributed by atoms with Crippen LogP contribution in [0.4, 0.5) is 0 Å². The summed E-state index contributed by atoms with van der Waals surface area (Å²) in [6, 6.07) is 0. The van der Waals surface area contributed by atoms with Crippen molar-refractivity contribution >= 4 is 0 Å². The number of aliphatic hydroxyl groups excluding tert-OH is 4. The lowest BCUT2D eigenvalue weighted by Crippen LogP contribution is -2.59. The molecule has 0 aromatic rings. The Morgan fingerprint density at radius 1 is 0.833 bits per heavy atom. The maximum absolute atomic E-state index is 10.1. The zero-order valence-electron chi connectivity index (χ0n) is 15.1. The molecule has 0 aromatic carbocycles. The van der Waals surface area contributed by atoms with E-state index in [0.29, 0.717) is 0 Å². The SMILES string of the molecule is CCCCCCCC[C@@H](CCC)O[C@@H]1O[C@H](CO)[C@@H](O)[C@H](O)[C@H]1O. The van der Waals surface area contributed by atoms with Crippen LogP contribution in [0, 0.1) is 0 Å². The van der Waals surface area contributed by atoms with E-state index in [-0.39, 0.29) is 6.10 Å². The number of hydrogen-bond donors (Lipinski definition) is 4. The number of hydrogen-bond acceptors (Lipinski definition) is 6. The lowest BCUT2D eigenvalue weighted by atomic mass is 9.99. The zero-order chi connectivity index (χ0) is 17.9. The van der Waals surface area contributed by atoms with Crippen LogP contribution in [0.3, 0.4) is 0 Å². The van der Waals surface area contributed by atoms with E-state index in [2.05, 4.69) is 13.8 Å². The molecule has 0 bridgehead atoms. The smallest absolute Gasteiger partial charge is 0.186 e. The average Bonchev–Trinajstić information content (AvgIpc) is 2.58. The monoisotopic (exact) mass is 348 g/mol. The molecule has 1 saturated heterocycles. The zero-order valence-corrected chi connectivity index (χ0v) is 15.1. The third-order valence-corrected chi connectivity index (χ3v) is 4.67. The van der Waals surface area contributed by atoms with Gasteiger partial charge in [0.2, 0.25) is 0 Å². The average molecular weight is 348 g/mol. The molecule has 0 aliphatic carbocycles. The molecule has 0 unspecified atom stereocenters. The van der Waals surface area contributed by atoms with Crippen LogP contribution in [-0.2, 0) is 9.47 Å². The molecule has 0 saturated carbocycles. The largest absolute Gasteiger partial charge is 0.394 e. The van der Waals surface area contributed by atoms with Crippen molar-refractivity contribution in [3.8, 4) is 0 Å². The highest BCUT2D eigenvalue weighted by molar-refractivity contribution is 4.89. The standard InChI is InChI=1S/C18H36O6/c1-3-5-6-7-8-9-11-13(10-4-2)23-18-17(22)16(21)15(20)14(12-19)24-18/h13-22H,3-12H2,1-2H3/t13-,14-,15-,16+,17-,18-/m1/s1. The predicted octanol–water partition coefficient (Wildman–Crippen LogP) is 1.72. The molecule has 1 heterocycles. The molecule has 6 nitrogen and oxygen atoms in total. The van der Waals surface area contributed by atoms with Gasteiger partial charge in [0.15, 0.2) is 6.29 Å². The van der Waals surface area contributed by atoms with Crippen LogP contribution in [0.15, 0.2) is 0 Å². The molecule has 1 aliphatic heterocycles. The molecular weight excluding hydrogens is 312 g/mol. The third-order valence-electron chi connectivity index (χ3n) is 4.67. The molecule has 1 rings (SSSR count). The van der Waals surface area contributed by atoms with Crippen molar-refractivity contribution in [2.45, 2.75) is 108 Å². The maximum atomic E-state index is 10.1. The molecule has 4 N–H and O–H groups in total. The quantitative estimate of drug-likeness (QED) is 0.401. The van der Waals surface area contributed by atoms with Crippen molar-refractivity contribution in [1.82, 2.24) is 0 Å². The minimum atomic E-state index is -1.38. The molecule has 0 amide bonds. The van der Waals surface area contributed by atoms with Crippen molar-refractivity contribution in [2.75, 3.05) is 6.61 Å². The van der Waals surface area contributed by atoms with Gasteiger partial charge in [0, 0.05) is 0 Å². The third kappa shape index (κ3) is 6.94. The second-order valence-corrected chi connectivity index (χ2v) is 6.80. The first-order valence-corrected chi connectivity index (χ1v) is 9.51. The molecule has 6 atom stereocenters. The number of rotatable bonds is 12. The highest BCUT2D eigenvalue weighted by Crippen LogP contribution is 2.25. The summed E-state index contributed by atoms with van der Waals surface area (Å²) < 4.78 is 11.3. The predicted molar refractivity (Wildman–Crippen MR) is 91.5 cm³/mol. The highest BCUT2D eigenvalue weighted by atomic mass is 16.7. The number of ether oxygens (including phenoxy) is 2. The van der Waals surface area contributed by atoms with Gasteiger partial charge in [-0.3, -0.25) is 0 Å². The Hall–Kier alpha value is -0.240. The van der Waals surface area contributed by atoms with Gasteiger partial charge in [-0.25, -0.2) is 0 Å². The summed E-state index contributed by atoms with van der Waals surface area (Å²) >= 11 is 0. The van der Waals surface area contributed by atoms with Crippen molar-refractivity contribution < 1.29 is 29.9 Å². The van der Waals surface area contributed by atoms with E-state index in [1.807, 2.05) is 0 Å². The van der Waals surface area contributed by atoms with Crippen molar-refractivity contribution in [2.24, 2.45) is 0 Å². The Balaban J connectivity index is 2.44. The molecule has 6 heteroatoms. The fourth-order valence-corrected chi connectivity index (χ4v) is 3.12. The fraction of sp³-hybridized carbons (Fsp3) is 1.00. The number of aliphatic hydroxyl groups is 4. The Morgan fingerprint density at radius 3 is 2.12 bits per heavy atom. The van der Waals surface area contributed by atoms with E-state index >= 15 is 0 Å². The Labute approximate surface area is 145 Å². The van der Waals surface area contributed by atoms with Crippen LogP contribution in [0.2, 0.25) is 0 Å². The van der Waals surface area contributed by atoms with E-state index in [4.69, 9.17) is 9.47 Å². The molecule has 24 heavy (non-hydrogen) atoms. The first-order chi connectivity index (χ1) is 11.5. The van der Waals surface area contributed by atoms with Gasteiger partial charge in [-0.1, -0.05) is 58.8 Å². The normalized spacial score (nSPS) is 32.0. The van der Waals surface area contributed by atoms with Gasteiger partial charge < -0.3 is 29.9 Å².